The second-order valence-corrected chi connectivity index (χ2v) is 8.57. The summed E-state index contributed by atoms with van der Waals surface area (Å²) in [6.45, 7) is 3.33. The summed E-state index contributed by atoms with van der Waals surface area (Å²) in [7, 11) is -4.47. The van der Waals surface area contributed by atoms with Crippen LogP contribution in [0.15, 0.2) is 53.4 Å². The predicted octanol–water partition coefficient (Wildman–Crippen LogP) is 4.71. The van der Waals surface area contributed by atoms with Crippen LogP contribution in [0.5, 0.6) is 0 Å². The van der Waals surface area contributed by atoms with Gasteiger partial charge in [0.25, 0.3) is 10.0 Å². The predicted molar refractivity (Wildman–Crippen MR) is 102 cm³/mol. The number of alkyl halides is 4. The zero-order valence-electron chi connectivity index (χ0n) is 15.0. The van der Waals surface area contributed by atoms with Crippen LogP contribution in [0, 0.1) is 5.41 Å². The van der Waals surface area contributed by atoms with Gasteiger partial charge >= 0.3 is 6.18 Å². The lowest BCUT2D eigenvalue weighted by atomic mass is 9.95. The number of halogens is 4. The minimum absolute atomic E-state index is 0.0478. The topological polar surface area (TPSA) is 75.3 Å². The van der Waals surface area contributed by atoms with Gasteiger partial charge < -0.3 is 5.32 Å². The Morgan fingerprint density at radius 2 is 1.54 bits per heavy atom. The fourth-order valence-corrected chi connectivity index (χ4v) is 3.54. The van der Waals surface area contributed by atoms with E-state index in [0.29, 0.717) is 11.8 Å². The first kappa shape index (κ1) is 22.0. The SMILES string of the molecule is CC(C)(CCl)C(=O)Nc1ccc(NS(=O)(=O)c2ccccc2C(F)(F)F)cc1. The van der Waals surface area contributed by atoms with Crippen molar-refractivity contribution in [3.05, 3.63) is 54.1 Å². The van der Waals surface area contributed by atoms with Gasteiger partial charge in [0.05, 0.1) is 15.9 Å². The molecule has 0 saturated carbocycles. The van der Waals surface area contributed by atoms with Gasteiger partial charge in [-0.25, -0.2) is 8.42 Å². The highest BCUT2D eigenvalue weighted by atomic mass is 35.5. The van der Waals surface area contributed by atoms with Gasteiger partial charge in [0.2, 0.25) is 5.91 Å². The molecule has 0 spiro atoms. The summed E-state index contributed by atoms with van der Waals surface area (Å²) in [5.74, 6) is -0.218. The van der Waals surface area contributed by atoms with Crippen molar-refractivity contribution in [2.45, 2.75) is 24.9 Å². The first-order valence-electron chi connectivity index (χ1n) is 8.03. The number of hydrogen-bond acceptors (Lipinski definition) is 3. The minimum atomic E-state index is -4.81. The number of carbonyl (C=O) groups is 1. The highest BCUT2D eigenvalue weighted by molar-refractivity contribution is 7.92. The zero-order chi connectivity index (χ0) is 21.2. The fourth-order valence-electron chi connectivity index (χ4n) is 2.13. The molecule has 0 aliphatic heterocycles. The molecule has 0 atom stereocenters. The van der Waals surface area contributed by atoms with E-state index < -0.39 is 32.1 Å². The molecule has 0 heterocycles. The highest BCUT2D eigenvalue weighted by Gasteiger charge is 2.36. The normalized spacial score (nSPS) is 12.5. The first-order chi connectivity index (χ1) is 12.9. The standard InChI is InChI=1S/C18H18ClF3N2O3S/c1-17(2,11-19)16(25)23-12-7-9-13(10-8-12)24-28(26,27)15-6-4-3-5-14(15)18(20,21)22/h3-10,24H,11H2,1-2H3,(H,23,25). The Hall–Kier alpha value is -2.26. The van der Waals surface area contributed by atoms with Crippen molar-refractivity contribution >= 4 is 38.9 Å². The number of carbonyl (C=O) groups excluding carboxylic acids is 1. The number of nitrogens with one attached hydrogen (secondary N) is 2. The highest BCUT2D eigenvalue weighted by Crippen LogP contribution is 2.34. The molecule has 0 unspecified atom stereocenters. The molecule has 0 saturated heterocycles. The summed E-state index contributed by atoms with van der Waals surface area (Å²) < 4.78 is 66.1. The van der Waals surface area contributed by atoms with Crippen molar-refractivity contribution in [1.82, 2.24) is 0 Å². The van der Waals surface area contributed by atoms with Gasteiger partial charge in [-0.3, -0.25) is 9.52 Å². The van der Waals surface area contributed by atoms with Crippen LogP contribution in [0.25, 0.3) is 0 Å². The van der Waals surface area contributed by atoms with Crippen LogP contribution in [-0.4, -0.2) is 20.2 Å². The number of amides is 1. The molecule has 0 bridgehead atoms. The van der Waals surface area contributed by atoms with Gasteiger partial charge in [-0.05, 0) is 50.2 Å². The number of benzene rings is 2. The maximum Gasteiger partial charge on any atom is 0.417 e. The molecule has 2 rings (SSSR count). The molecule has 10 heteroatoms. The van der Waals surface area contributed by atoms with Crippen LogP contribution < -0.4 is 10.0 Å². The molecule has 2 aromatic rings. The van der Waals surface area contributed by atoms with Crippen LogP contribution in [0.3, 0.4) is 0 Å². The largest absolute Gasteiger partial charge is 0.417 e. The van der Waals surface area contributed by atoms with Crippen molar-refractivity contribution in [1.29, 1.82) is 0 Å². The molecular weight excluding hydrogens is 417 g/mol. The van der Waals surface area contributed by atoms with Gasteiger partial charge in [0, 0.05) is 17.3 Å². The van der Waals surface area contributed by atoms with Gasteiger partial charge in [-0.1, -0.05) is 12.1 Å². The molecule has 5 nitrogen and oxygen atoms in total. The number of anilines is 2. The molecule has 0 fully saturated rings. The minimum Gasteiger partial charge on any atom is -0.326 e. The Morgan fingerprint density at radius 1 is 1.00 bits per heavy atom. The monoisotopic (exact) mass is 434 g/mol. The third-order valence-electron chi connectivity index (χ3n) is 3.83. The summed E-state index contributed by atoms with van der Waals surface area (Å²) in [5, 5.41) is 2.63. The molecule has 1 amide bonds. The fraction of sp³-hybridized carbons (Fsp3) is 0.278. The quantitative estimate of drug-likeness (QED) is 0.646. The van der Waals surface area contributed by atoms with E-state index in [1.54, 1.807) is 13.8 Å². The third kappa shape index (κ3) is 5.17. The van der Waals surface area contributed by atoms with E-state index in [-0.39, 0.29) is 17.5 Å². The van der Waals surface area contributed by atoms with E-state index in [2.05, 4.69) is 10.0 Å². The van der Waals surface area contributed by atoms with Crippen molar-refractivity contribution in [2.75, 3.05) is 15.9 Å². The zero-order valence-corrected chi connectivity index (χ0v) is 16.5. The Labute approximate surface area is 166 Å². The summed E-state index contributed by atoms with van der Waals surface area (Å²) in [4.78, 5) is 11.2. The molecule has 0 radical (unpaired) electrons. The Balaban J connectivity index is 2.22. The number of sulfonamides is 1. The lowest BCUT2D eigenvalue weighted by molar-refractivity contribution is -0.139. The number of hydrogen-bond donors (Lipinski definition) is 2. The molecular formula is C18H18ClF3N2O3S. The van der Waals surface area contributed by atoms with Gasteiger partial charge in [-0.2, -0.15) is 13.2 Å². The van der Waals surface area contributed by atoms with Gasteiger partial charge in [-0.15, -0.1) is 11.6 Å². The van der Waals surface area contributed by atoms with Crippen molar-refractivity contribution < 1.29 is 26.4 Å². The van der Waals surface area contributed by atoms with Gasteiger partial charge in [0.15, 0.2) is 0 Å². The third-order valence-corrected chi connectivity index (χ3v) is 5.93. The van der Waals surface area contributed by atoms with E-state index in [4.69, 9.17) is 11.6 Å². The summed E-state index contributed by atoms with van der Waals surface area (Å²) in [5.41, 5.74) is -1.62. The molecule has 2 N–H and O–H groups in total. The summed E-state index contributed by atoms with van der Waals surface area (Å²) in [6.07, 6.45) is -4.81. The van der Waals surface area contributed by atoms with E-state index in [9.17, 15) is 26.4 Å². The second-order valence-electron chi connectivity index (χ2n) is 6.65. The van der Waals surface area contributed by atoms with Crippen LogP contribution in [0.1, 0.15) is 19.4 Å². The van der Waals surface area contributed by atoms with E-state index in [1.165, 1.54) is 30.3 Å². The van der Waals surface area contributed by atoms with E-state index in [1.807, 2.05) is 0 Å². The lowest BCUT2D eigenvalue weighted by Gasteiger charge is -2.20. The van der Waals surface area contributed by atoms with Gasteiger partial charge in [0.1, 0.15) is 0 Å². The Bertz CT molecular complexity index is 959. The van der Waals surface area contributed by atoms with Crippen LogP contribution >= 0.6 is 11.6 Å². The van der Waals surface area contributed by atoms with Crippen LogP contribution in [0.4, 0.5) is 24.5 Å². The molecule has 0 aromatic heterocycles. The van der Waals surface area contributed by atoms with E-state index in [0.717, 1.165) is 12.1 Å². The molecule has 28 heavy (non-hydrogen) atoms. The number of rotatable bonds is 6. The Morgan fingerprint density at radius 3 is 2.07 bits per heavy atom. The van der Waals surface area contributed by atoms with E-state index >= 15 is 0 Å². The molecule has 0 aliphatic carbocycles. The molecule has 2 aromatic carbocycles. The van der Waals surface area contributed by atoms with Crippen molar-refractivity contribution in [3.63, 3.8) is 0 Å². The Kier molecular flexibility index (Phi) is 6.30. The summed E-state index contributed by atoms with van der Waals surface area (Å²) in [6, 6.07) is 9.42. The maximum absolute atomic E-state index is 13.1. The van der Waals surface area contributed by atoms with Crippen LogP contribution in [0.2, 0.25) is 0 Å². The summed E-state index contributed by atoms with van der Waals surface area (Å²) >= 11 is 5.74. The average Bonchev–Trinajstić information content (AvgIpc) is 2.62. The molecule has 152 valence electrons. The maximum atomic E-state index is 13.1. The van der Waals surface area contributed by atoms with Crippen LogP contribution in [-0.2, 0) is 21.0 Å². The first-order valence-corrected chi connectivity index (χ1v) is 10.0. The van der Waals surface area contributed by atoms with Crippen molar-refractivity contribution in [3.8, 4) is 0 Å². The van der Waals surface area contributed by atoms with Crippen molar-refractivity contribution in [2.24, 2.45) is 5.41 Å². The molecule has 0 aliphatic rings. The smallest absolute Gasteiger partial charge is 0.326 e. The second kappa shape index (κ2) is 8.00. The average molecular weight is 435 g/mol. The lowest BCUT2D eigenvalue weighted by Crippen LogP contribution is -2.32.